The van der Waals surface area contributed by atoms with Gasteiger partial charge in [0.15, 0.2) is 5.43 Å². The molecule has 3 aromatic rings. The Morgan fingerprint density at radius 3 is 2.58 bits per heavy atom. The number of hydrogen-bond acceptors (Lipinski definition) is 2. The molecule has 0 radical (unpaired) electrons. The molecule has 1 atom stereocenters. The zero-order chi connectivity index (χ0) is 22.2. The van der Waals surface area contributed by atoms with Crippen molar-refractivity contribution in [2.24, 2.45) is 0 Å². The fourth-order valence-electron chi connectivity index (χ4n) is 4.07. The summed E-state index contributed by atoms with van der Waals surface area (Å²) in [6.45, 7) is 0.0645. The van der Waals surface area contributed by atoms with Crippen molar-refractivity contribution in [3.63, 3.8) is 0 Å². The lowest BCUT2D eigenvalue weighted by atomic mass is 9.74. The number of carboxylic acids is 1. The minimum atomic E-state index is -1.15. The molecule has 0 saturated heterocycles. The Labute approximate surface area is 181 Å². The number of aromatic nitrogens is 1. The van der Waals surface area contributed by atoms with Crippen LogP contribution in [-0.2, 0) is 23.2 Å². The number of nitrogens with zero attached hydrogens (tertiary/aromatic N) is 1. The van der Waals surface area contributed by atoms with Crippen molar-refractivity contribution in [2.75, 3.05) is 0 Å². The van der Waals surface area contributed by atoms with Crippen molar-refractivity contribution in [2.45, 2.75) is 24.8 Å². The molecule has 31 heavy (non-hydrogen) atoms. The quantitative estimate of drug-likeness (QED) is 0.594. The van der Waals surface area contributed by atoms with E-state index in [4.69, 9.17) is 11.6 Å². The molecule has 2 aromatic carbocycles. The second-order valence-electron chi connectivity index (χ2n) is 7.58. The normalized spacial score (nSPS) is 18.2. The molecule has 1 aromatic heterocycles. The predicted molar refractivity (Wildman–Crippen MR) is 116 cm³/mol. The van der Waals surface area contributed by atoms with Crippen molar-refractivity contribution in [1.82, 2.24) is 4.57 Å². The molecule has 1 N–H and O–H groups in total. The molecule has 0 saturated carbocycles. The zero-order valence-electron chi connectivity index (χ0n) is 16.3. The summed E-state index contributed by atoms with van der Waals surface area (Å²) in [6.07, 6.45) is 6.10. The summed E-state index contributed by atoms with van der Waals surface area (Å²) in [5.41, 5.74) is -0.420. The Kier molecular flexibility index (Phi) is 5.50. The van der Waals surface area contributed by atoms with Gasteiger partial charge in [0.2, 0.25) is 0 Å². The van der Waals surface area contributed by atoms with Gasteiger partial charge in [-0.2, -0.15) is 0 Å². The van der Waals surface area contributed by atoms with E-state index in [-0.39, 0.29) is 12.1 Å². The molecular weight excluding hydrogens is 424 g/mol. The average Bonchev–Trinajstić information content (AvgIpc) is 2.73. The van der Waals surface area contributed by atoms with Crippen molar-refractivity contribution in [3.05, 3.63) is 105 Å². The molecule has 0 aliphatic heterocycles. The number of halogens is 3. The highest BCUT2D eigenvalue weighted by molar-refractivity contribution is 6.31. The smallest absolute Gasteiger partial charge is 0.308 e. The first-order chi connectivity index (χ1) is 14.8. The van der Waals surface area contributed by atoms with Gasteiger partial charge in [-0.1, -0.05) is 35.9 Å². The minimum absolute atomic E-state index is 0.0645. The van der Waals surface area contributed by atoms with E-state index < -0.39 is 34.9 Å². The van der Waals surface area contributed by atoms with Crippen molar-refractivity contribution >= 4 is 28.5 Å². The molecule has 1 unspecified atom stereocenters. The van der Waals surface area contributed by atoms with E-state index in [1.54, 1.807) is 28.8 Å². The number of benzene rings is 2. The second-order valence-corrected chi connectivity index (χ2v) is 8.02. The first-order valence-corrected chi connectivity index (χ1v) is 10.0. The van der Waals surface area contributed by atoms with Crippen molar-refractivity contribution in [1.29, 1.82) is 0 Å². The van der Waals surface area contributed by atoms with Crippen molar-refractivity contribution < 1.29 is 18.7 Å². The predicted octanol–water partition coefficient (Wildman–Crippen LogP) is 5.17. The van der Waals surface area contributed by atoms with Crippen LogP contribution in [-0.4, -0.2) is 15.6 Å². The summed E-state index contributed by atoms with van der Waals surface area (Å²) in [5.74, 6) is -1.98. The summed E-state index contributed by atoms with van der Waals surface area (Å²) in [6, 6.07) is 10.3. The SMILES string of the molecule is O=C(O)Cc1cn(CC2(c3ccc(F)cc3)CC=CC=C2F)c2cc(Cl)ccc2c1=O. The van der Waals surface area contributed by atoms with Crippen LogP contribution in [0.3, 0.4) is 0 Å². The number of hydrogen-bond donors (Lipinski definition) is 1. The Morgan fingerprint density at radius 1 is 1.16 bits per heavy atom. The summed E-state index contributed by atoms with van der Waals surface area (Å²) in [4.78, 5) is 24.1. The molecule has 0 amide bonds. The van der Waals surface area contributed by atoms with Crippen LogP contribution in [0.1, 0.15) is 17.5 Å². The Hall–Kier alpha value is -3.25. The van der Waals surface area contributed by atoms with Gasteiger partial charge in [0.25, 0.3) is 0 Å². The van der Waals surface area contributed by atoms with Crippen LogP contribution in [0.15, 0.2) is 77.5 Å². The zero-order valence-corrected chi connectivity index (χ0v) is 17.1. The Balaban J connectivity index is 1.95. The molecule has 1 heterocycles. The van der Waals surface area contributed by atoms with E-state index in [9.17, 15) is 19.1 Å². The third-order valence-corrected chi connectivity index (χ3v) is 5.83. The fraction of sp³-hybridized carbons (Fsp3) is 0.167. The molecule has 7 heteroatoms. The second kappa shape index (κ2) is 8.12. The number of aliphatic carboxylic acids is 1. The van der Waals surface area contributed by atoms with Gasteiger partial charge in [0.05, 0.1) is 17.4 Å². The summed E-state index contributed by atoms with van der Waals surface area (Å²) in [7, 11) is 0. The molecule has 4 rings (SSSR count). The van der Waals surface area contributed by atoms with Crippen LogP contribution in [0.5, 0.6) is 0 Å². The number of fused-ring (bicyclic) bond motifs is 1. The highest BCUT2D eigenvalue weighted by atomic mass is 35.5. The number of carboxylic acid groups (broad SMARTS) is 1. The number of carbonyl (C=O) groups is 1. The number of rotatable bonds is 5. The highest BCUT2D eigenvalue weighted by Gasteiger charge is 2.38. The van der Waals surface area contributed by atoms with Crippen molar-refractivity contribution in [3.8, 4) is 0 Å². The van der Waals surface area contributed by atoms with Crippen LogP contribution in [0.25, 0.3) is 10.9 Å². The van der Waals surface area contributed by atoms with Crippen LogP contribution in [0, 0.1) is 5.82 Å². The van der Waals surface area contributed by atoms with E-state index in [0.29, 0.717) is 27.9 Å². The standard InChI is InChI=1S/C24H18ClF2NO3/c25-17-6-9-19-20(12-17)28(13-15(23(19)31)11-22(29)30)14-24(10-2-1-3-21(24)27)16-4-7-18(26)8-5-16/h1-9,12-13H,10-11,14H2,(H,29,30). The molecule has 158 valence electrons. The lowest BCUT2D eigenvalue weighted by molar-refractivity contribution is -0.136. The maximum atomic E-state index is 15.4. The maximum Gasteiger partial charge on any atom is 0.308 e. The fourth-order valence-corrected chi connectivity index (χ4v) is 4.24. The summed E-state index contributed by atoms with van der Waals surface area (Å²) in [5, 5.41) is 9.92. The van der Waals surface area contributed by atoms with E-state index in [1.165, 1.54) is 36.5 Å². The third kappa shape index (κ3) is 3.91. The molecule has 4 nitrogen and oxygen atoms in total. The van der Waals surface area contributed by atoms with Gasteiger partial charge in [-0.25, -0.2) is 8.78 Å². The van der Waals surface area contributed by atoms with Crippen LogP contribution < -0.4 is 5.43 Å². The third-order valence-electron chi connectivity index (χ3n) is 5.60. The van der Waals surface area contributed by atoms with Gasteiger partial charge >= 0.3 is 5.97 Å². The Morgan fingerprint density at radius 2 is 1.90 bits per heavy atom. The van der Waals surface area contributed by atoms with Gasteiger partial charge in [0.1, 0.15) is 11.6 Å². The average molecular weight is 442 g/mol. The van der Waals surface area contributed by atoms with Gasteiger partial charge in [-0.15, -0.1) is 0 Å². The van der Waals surface area contributed by atoms with E-state index in [2.05, 4.69) is 0 Å². The minimum Gasteiger partial charge on any atom is -0.481 e. The van der Waals surface area contributed by atoms with Crippen LogP contribution in [0.2, 0.25) is 5.02 Å². The van der Waals surface area contributed by atoms with Crippen LogP contribution >= 0.6 is 11.6 Å². The summed E-state index contributed by atoms with van der Waals surface area (Å²) >= 11 is 6.16. The first kappa shape index (κ1) is 21.0. The molecule has 0 bridgehead atoms. The lowest BCUT2D eigenvalue weighted by Gasteiger charge is -2.35. The highest BCUT2D eigenvalue weighted by Crippen LogP contribution is 2.41. The number of pyridine rings is 1. The first-order valence-electron chi connectivity index (χ1n) is 9.62. The lowest BCUT2D eigenvalue weighted by Crippen LogP contribution is -2.34. The molecule has 0 spiro atoms. The van der Waals surface area contributed by atoms with Gasteiger partial charge < -0.3 is 9.67 Å². The molecule has 1 aliphatic rings. The maximum absolute atomic E-state index is 15.4. The van der Waals surface area contributed by atoms with E-state index in [0.717, 1.165) is 0 Å². The number of allylic oxidation sites excluding steroid dienone is 4. The van der Waals surface area contributed by atoms with E-state index >= 15 is 4.39 Å². The monoisotopic (exact) mass is 441 g/mol. The topological polar surface area (TPSA) is 59.3 Å². The Bertz CT molecular complexity index is 1290. The van der Waals surface area contributed by atoms with Gasteiger partial charge in [-0.3, -0.25) is 9.59 Å². The van der Waals surface area contributed by atoms with Gasteiger partial charge in [0, 0.05) is 28.7 Å². The van der Waals surface area contributed by atoms with E-state index in [1.807, 2.05) is 6.08 Å². The molecule has 1 aliphatic carbocycles. The summed E-state index contributed by atoms with van der Waals surface area (Å²) < 4.78 is 30.6. The molecule has 0 fully saturated rings. The van der Waals surface area contributed by atoms with Gasteiger partial charge in [-0.05, 0) is 48.4 Å². The largest absolute Gasteiger partial charge is 0.481 e. The molecular formula is C24H18ClF2NO3. The van der Waals surface area contributed by atoms with Crippen LogP contribution in [0.4, 0.5) is 8.78 Å².